The molecule has 1 heterocycles. The van der Waals surface area contributed by atoms with E-state index in [9.17, 15) is 0 Å². The number of rotatable bonds is 2. The van der Waals surface area contributed by atoms with Crippen LogP contribution in [0, 0.1) is 5.41 Å². The molecule has 3 heteroatoms. The van der Waals surface area contributed by atoms with Crippen LogP contribution in [0.2, 0.25) is 0 Å². The molecule has 0 aliphatic rings. The molecule has 3 N–H and O–H groups in total. The third-order valence-corrected chi connectivity index (χ3v) is 3.00. The molecule has 2 rings (SSSR count). The van der Waals surface area contributed by atoms with Gasteiger partial charge in [0.2, 0.25) is 0 Å². The zero-order chi connectivity index (χ0) is 12.5. The second-order valence-corrected chi connectivity index (χ2v) is 5.42. The number of benzene rings is 1. The van der Waals surface area contributed by atoms with Crippen LogP contribution in [0.4, 0.5) is 0 Å². The van der Waals surface area contributed by atoms with E-state index < -0.39 is 0 Å². The summed E-state index contributed by atoms with van der Waals surface area (Å²) in [4.78, 5) is 4.37. The van der Waals surface area contributed by atoms with Crippen LogP contribution >= 0.6 is 0 Å². The predicted molar refractivity (Wildman–Crippen MR) is 71.3 cm³/mol. The Morgan fingerprint density at radius 1 is 1.24 bits per heavy atom. The van der Waals surface area contributed by atoms with Crippen molar-refractivity contribution in [1.29, 1.82) is 0 Å². The molecule has 0 saturated heterocycles. The lowest BCUT2D eigenvalue weighted by Crippen LogP contribution is -2.36. The Bertz CT molecular complexity index is 514. The second kappa shape index (κ2) is 4.43. The molecule has 90 valence electrons. The summed E-state index contributed by atoms with van der Waals surface area (Å²) in [6.45, 7) is 6.50. The topological polar surface area (TPSA) is 50.9 Å². The van der Waals surface area contributed by atoms with Crippen molar-refractivity contribution >= 4 is 10.9 Å². The van der Waals surface area contributed by atoms with Crippen molar-refractivity contribution in [2.75, 3.05) is 0 Å². The Labute approximate surface area is 102 Å². The smallest absolute Gasteiger partial charge is 0.0705 e. The lowest BCUT2D eigenvalue weighted by molar-refractivity contribution is 0.276. The van der Waals surface area contributed by atoms with Crippen molar-refractivity contribution in [3.05, 3.63) is 42.1 Å². The van der Waals surface area contributed by atoms with E-state index >= 15 is 0 Å². The van der Waals surface area contributed by atoms with E-state index in [0.29, 0.717) is 0 Å². The minimum Gasteiger partial charge on any atom is -0.271 e. The van der Waals surface area contributed by atoms with Gasteiger partial charge in [-0.3, -0.25) is 16.3 Å². The maximum Gasteiger partial charge on any atom is 0.0705 e. The predicted octanol–water partition coefficient (Wildman–Crippen LogP) is 2.79. The average Bonchev–Trinajstić information content (AvgIpc) is 2.28. The van der Waals surface area contributed by atoms with Crippen molar-refractivity contribution in [3.8, 4) is 0 Å². The quantitative estimate of drug-likeness (QED) is 0.615. The van der Waals surface area contributed by atoms with E-state index in [4.69, 9.17) is 5.84 Å². The third kappa shape index (κ3) is 2.46. The standard InChI is InChI=1S/C14H19N3/c1-14(2,3)13(17-15)11-7-6-10-5-4-8-16-12(10)9-11/h4-9,13,17H,15H2,1-3H3. The Kier molecular flexibility index (Phi) is 3.13. The van der Waals surface area contributed by atoms with Crippen LogP contribution in [0.3, 0.4) is 0 Å². The second-order valence-electron chi connectivity index (χ2n) is 5.42. The monoisotopic (exact) mass is 229 g/mol. The minimum atomic E-state index is 0.0667. The molecule has 2 aromatic rings. The molecule has 1 unspecified atom stereocenters. The van der Waals surface area contributed by atoms with Gasteiger partial charge in [-0.05, 0) is 23.1 Å². The van der Waals surface area contributed by atoms with E-state index in [0.717, 1.165) is 10.9 Å². The van der Waals surface area contributed by atoms with Gasteiger partial charge >= 0.3 is 0 Å². The SMILES string of the molecule is CC(C)(C)C(NN)c1ccc2cccnc2c1. The Hall–Kier alpha value is -1.45. The number of aromatic nitrogens is 1. The molecular weight excluding hydrogens is 210 g/mol. The first-order valence-corrected chi connectivity index (χ1v) is 5.83. The summed E-state index contributed by atoms with van der Waals surface area (Å²) >= 11 is 0. The number of pyridine rings is 1. The van der Waals surface area contributed by atoms with Gasteiger partial charge in [-0.15, -0.1) is 0 Å². The van der Waals surface area contributed by atoms with Crippen LogP contribution in [-0.2, 0) is 0 Å². The van der Waals surface area contributed by atoms with Gasteiger partial charge in [0.1, 0.15) is 0 Å². The Balaban J connectivity index is 2.48. The summed E-state index contributed by atoms with van der Waals surface area (Å²) in [6, 6.07) is 10.4. The van der Waals surface area contributed by atoms with Gasteiger partial charge in [-0.1, -0.05) is 39.0 Å². The summed E-state index contributed by atoms with van der Waals surface area (Å²) < 4.78 is 0. The molecule has 17 heavy (non-hydrogen) atoms. The fourth-order valence-corrected chi connectivity index (χ4v) is 2.11. The van der Waals surface area contributed by atoms with E-state index in [-0.39, 0.29) is 11.5 Å². The molecule has 0 bridgehead atoms. The van der Waals surface area contributed by atoms with Crippen molar-refractivity contribution in [2.45, 2.75) is 26.8 Å². The number of hydrazine groups is 1. The molecule has 0 radical (unpaired) electrons. The highest BCUT2D eigenvalue weighted by Gasteiger charge is 2.25. The lowest BCUT2D eigenvalue weighted by atomic mass is 9.82. The Morgan fingerprint density at radius 2 is 2.00 bits per heavy atom. The lowest BCUT2D eigenvalue weighted by Gasteiger charge is -2.30. The summed E-state index contributed by atoms with van der Waals surface area (Å²) in [5, 5.41) is 1.15. The molecule has 1 aromatic heterocycles. The molecule has 0 aliphatic carbocycles. The molecular formula is C14H19N3. The van der Waals surface area contributed by atoms with Gasteiger partial charge in [0.25, 0.3) is 0 Å². The number of fused-ring (bicyclic) bond motifs is 1. The van der Waals surface area contributed by atoms with Crippen molar-refractivity contribution in [3.63, 3.8) is 0 Å². The van der Waals surface area contributed by atoms with Gasteiger partial charge in [-0.25, -0.2) is 0 Å². The number of nitrogens with one attached hydrogen (secondary N) is 1. The molecule has 0 aliphatic heterocycles. The highest BCUT2D eigenvalue weighted by atomic mass is 15.2. The van der Waals surface area contributed by atoms with Gasteiger partial charge in [0, 0.05) is 11.6 Å². The van der Waals surface area contributed by atoms with Crippen LogP contribution in [0.5, 0.6) is 0 Å². The summed E-state index contributed by atoms with van der Waals surface area (Å²) in [5.74, 6) is 5.66. The summed E-state index contributed by atoms with van der Waals surface area (Å²) in [5.41, 5.74) is 5.14. The highest BCUT2D eigenvalue weighted by Crippen LogP contribution is 2.32. The fourth-order valence-electron chi connectivity index (χ4n) is 2.11. The van der Waals surface area contributed by atoms with Gasteiger partial charge in [0.15, 0.2) is 0 Å². The summed E-state index contributed by atoms with van der Waals surface area (Å²) in [7, 11) is 0. The van der Waals surface area contributed by atoms with Crippen LogP contribution in [0.25, 0.3) is 10.9 Å². The van der Waals surface area contributed by atoms with Crippen molar-refractivity contribution in [1.82, 2.24) is 10.4 Å². The molecule has 3 nitrogen and oxygen atoms in total. The minimum absolute atomic E-state index is 0.0667. The molecule has 0 amide bonds. The van der Waals surface area contributed by atoms with Gasteiger partial charge in [-0.2, -0.15) is 0 Å². The third-order valence-electron chi connectivity index (χ3n) is 3.00. The highest BCUT2D eigenvalue weighted by molar-refractivity contribution is 5.79. The molecule has 0 spiro atoms. The zero-order valence-electron chi connectivity index (χ0n) is 10.6. The maximum atomic E-state index is 5.66. The zero-order valence-corrected chi connectivity index (χ0v) is 10.6. The summed E-state index contributed by atoms with van der Waals surface area (Å²) in [6.07, 6.45) is 1.81. The van der Waals surface area contributed by atoms with Gasteiger partial charge < -0.3 is 0 Å². The number of nitrogens with two attached hydrogens (primary N) is 1. The largest absolute Gasteiger partial charge is 0.271 e. The number of nitrogens with zero attached hydrogens (tertiary/aromatic N) is 1. The molecule has 0 saturated carbocycles. The van der Waals surface area contributed by atoms with E-state index in [2.05, 4.69) is 55.4 Å². The number of hydrogen-bond acceptors (Lipinski definition) is 3. The average molecular weight is 229 g/mol. The van der Waals surface area contributed by atoms with Crippen molar-refractivity contribution < 1.29 is 0 Å². The fraction of sp³-hybridized carbons (Fsp3) is 0.357. The first kappa shape index (κ1) is 12.0. The molecule has 1 atom stereocenters. The van der Waals surface area contributed by atoms with Crippen LogP contribution in [0.1, 0.15) is 32.4 Å². The first-order chi connectivity index (χ1) is 8.02. The normalized spacial score (nSPS) is 13.9. The van der Waals surface area contributed by atoms with Crippen molar-refractivity contribution in [2.24, 2.45) is 11.3 Å². The molecule has 1 aromatic carbocycles. The number of hydrogen-bond donors (Lipinski definition) is 2. The van der Waals surface area contributed by atoms with Crippen LogP contribution in [-0.4, -0.2) is 4.98 Å². The van der Waals surface area contributed by atoms with E-state index in [1.807, 2.05) is 12.3 Å². The Morgan fingerprint density at radius 3 is 2.65 bits per heavy atom. The van der Waals surface area contributed by atoms with Gasteiger partial charge in [0.05, 0.1) is 11.6 Å². The first-order valence-electron chi connectivity index (χ1n) is 5.83. The maximum absolute atomic E-state index is 5.66. The molecule has 0 fully saturated rings. The van der Waals surface area contributed by atoms with Crippen LogP contribution < -0.4 is 11.3 Å². The van der Waals surface area contributed by atoms with E-state index in [1.54, 1.807) is 0 Å². The van der Waals surface area contributed by atoms with Crippen LogP contribution in [0.15, 0.2) is 36.5 Å². The van der Waals surface area contributed by atoms with E-state index in [1.165, 1.54) is 5.56 Å².